The molecule has 2 nitrogen and oxygen atoms in total. The molecule has 1 aromatic heterocycles. The van der Waals surface area contributed by atoms with Crippen LogP contribution in [0.4, 0.5) is 4.39 Å². The van der Waals surface area contributed by atoms with Gasteiger partial charge in [-0.3, -0.25) is 0 Å². The Kier molecular flexibility index (Phi) is 3.21. The minimum atomic E-state index is -0.312. The van der Waals surface area contributed by atoms with Gasteiger partial charge in [-0.05, 0) is 18.2 Å². The number of rotatable bonds is 2. The summed E-state index contributed by atoms with van der Waals surface area (Å²) in [5.41, 5.74) is 0.934. The zero-order valence-electron chi connectivity index (χ0n) is 7.51. The molecule has 1 heterocycles. The lowest BCUT2D eigenvalue weighted by molar-refractivity contribution is 0.397. The lowest BCUT2D eigenvalue weighted by Crippen LogP contribution is -1.83. The van der Waals surface area contributed by atoms with Gasteiger partial charge >= 0.3 is 0 Å². The fourth-order valence-electron chi connectivity index (χ4n) is 1.20. The molecule has 0 amide bonds. The van der Waals surface area contributed by atoms with Crippen LogP contribution in [0, 0.1) is 5.82 Å². The number of hydrogen-bond acceptors (Lipinski definition) is 2. The first-order valence-corrected chi connectivity index (χ1v) is 6.09. The summed E-state index contributed by atoms with van der Waals surface area (Å²) in [6, 6.07) is 6.41. The van der Waals surface area contributed by atoms with Crippen molar-refractivity contribution in [3.63, 3.8) is 0 Å². The summed E-state index contributed by atoms with van der Waals surface area (Å²) >= 11 is 6.52. The minimum absolute atomic E-state index is 0.312. The maximum atomic E-state index is 13.5. The summed E-state index contributed by atoms with van der Waals surface area (Å²) in [6.07, 6.45) is 0. The molecule has 0 N–H and O–H groups in total. The van der Waals surface area contributed by atoms with Gasteiger partial charge in [0.05, 0.1) is 5.33 Å². The van der Waals surface area contributed by atoms with Crippen LogP contribution in [0.2, 0.25) is 0 Å². The van der Waals surface area contributed by atoms with E-state index in [2.05, 4.69) is 37.0 Å². The Bertz CT molecular complexity index is 484. The molecule has 0 atom stereocenters. The number of benzene rings is 1. The average Bonchev–Trinajstić information content (AvgIpc) is 2.70. The maximum Gasteiger partial charge on any atom is 0.147 e. The number of alkyl halides is 1. The van der Waals surface area contributed by atoms with Crippen molar-refractivity contribution in [3.8, 4) is 11.3 Å². The number of nitrogens with zero attached hydrogens (tertiary/aromatic N) is 1. The molecule has 0 aliphatic carbocycles. The summed E-state index contributed by atoms with van der Waals surface area (Å²) in [5, 5.41) is 4.36. The number of hydrogen-bond donors (Lipinski definition) is 0. The molecule has 0 saturated carbocycles. The van der Waals surface area contributed by atoms with Gasteiger partial charge in [-0.2, -0.15) is 0 Å². The van der Waals surface area contributed by atoms with Gasteiger partial charge in [0.1, 0.15) is 17.3 Å². The van der Waals surface area contributed by atoms with Gasteiger partial charge < -0.3 is 4.52 Å². The molecule has 15 heavy (non-hydrogen) atoms. The predicted molar refractivity (Wildman–Crippen MR) is 62.2 cm³/mol. The monoisotopic (exact) mass is 333 g/mol. The van der Waals surface area contributed by atoms with Gasteiger partial charge in [0.25, 0.3) is 0 Å². The minimum Gasteiger partial charge on any atom is -0.360 e. The highest BCUT2D eigenvalue weighted by atomic mass is 79.9. The summed E-state index contributed by atoms with van der Waals surface area (Å²) in [6.45, 7) is 0. The zero-order chi connectivity index (χ0) is 10.8. The molecule has 1 aromatic carbocycles. The van der Waals surface area contributed by atoms with Crippen molar-refractivity contribution in [2.24, 2.45) is 0 Å². The lowest BCUT2D eigenvalue weighted by atomic mass is 10.1. The van der Waals surface area contributed by atoms with Crippen LogP contribution >= 0.6 is 31.9 Å². The van der Waals surface area contributed by atoms with E-state index >= 15 is 0 Å². The Balaban J connectivity index is 2.48. The van der Waals surface area contributed by atoms with Crippen molar-refractivity contribution in [1.29, 1.82) is 0 Å². The second-order valence-electron chi connectivity index (χ2n) is 2.94. The molecule has 2 aromatic rings. The molecule has 0 bridgehead atoms. The molecular weight excluding hydrogens is 329 g/mol. The SMILES string of the molecule is Fc1ccc(Br)cc1-c1cc(CBr)on1. The van der Waals surface area contributed by atoms with Crippen LogP contribution in [0.25, 0.3) is 11.3 Å². The van der Waals surface area contributed by atoms with Crippen molar-refractivity contribution in [2.75, 3.05) is 0 Å². The smallest absolute Gasteiger partial charge is 0.147 e. The van der Waals surface area contributed by atoms with Crippen LogP contribution in [-0.2, 0) is 5.33 Å². The van der Waals surface area contributed by atoms with E-state index in [1.807, 2.05) is 0 Å². The molecule has 0 fully saturated rings. The molecule has 0 aliphatic rings. The van der Waals surface area contributed by atoms with E-state index in [0.29, 0.717) is 22.3 Å². The Labute approximate surface area is 103 Å². The van der Waals surface area contributed by atoms with Gasteiger partial charge in [0, 0.05) is 16.1 Å². The average molecular weight is 335 g/mol. The highest BCUT2D eigenvalue weighted by Gasteiger charge is 2.10. The topological polar surface area (TPSA) is 26.0 Å². The summed E-state index contributed by atoms with van der Waals surface area (Å²) in [4.78, 5) is 0. The standard InChI is InChI=1S/C10H6Br2FNO/c11-5-7-4-10(14-15-7)8-3-6(12)1-2-9(8)13/h1-4H,5H2. The van der Waals surface area contributed by atoms with E-state index in [-0.39, 0.29) is 5.82 Å². The van der Waals surface area contributed by atoms with Crippen LogP contribution in [-0.4, -0.2) is 5.16 Å². The van der Waals surface area contributed by atoms with Gasteiger partial charge in [0.2, 0.25) is 0 Å². The van der Waals surface area contributed by atoms with Gasteiger partial charge in [0.15, 0.2) is 0 Å². The van der Waals surface area contributed by atoms with Crippen molar-refractivity contribution in [3.05, 3.63) is 40.3 Å². The van der Waals surface area contributed by atoms with Crippen molar-refractivity contribution in [1.82, 2.24) is 5.16 Å². The fourth-order valence-corrected chi connectivity index (χ4v) is 1.82. The summed E-state index contributed by atoms with van der Waals surface area (Å²) in [5.74, 6) is 0.358. The van der Waals surface area contributed by atoms with Crippen LogP contribution in [0.3, 0.4) is 0 Å². The Morgan fingerprint density at radius 2 is 2.13 bits per heavy atom. The molecule has 0 unspecified atom stereocenters. The van der Waals surface area contributed by atoms with E-state index in [4.69, 9.17) is 4.52 Å². The van der Waals surface area contributed by atoms with Crippen LogP contribution < -0.4 is 0 Å². The molecule has 0 spiro atoms. The summed E-state index contributed by atoms with van der Waals surface area (Å²) < 4.78 is 19.2. The third kappa shape index (κ3) is 2.29. The largest absolute Gasteiger partial charge is 0.360 e. The molecule has 0 radical (unpaired) electrons. The molecule has 78 valence electrons. The highest BCUT2D eigenvalue weighted by Crippen LogP contribution is 2.26. The van der Waals surface area contributed by atoms with E-state index in [0.717, 1.165) is 4.47 Å². The Hall–Kier alpha value is -0.680. The Morgan fingerprint density at radius 1 is 1.33 bits per heavy atom. The number of halogens is 3. The van der Waals surface area contributed by atoms with Crippen LogP contribution in [0.1, 0.15) is 5.76 Å². The predicted octanol–water partition coefficient (Wildman–Crippen LogP) is 4.14. The van der Waals surface area contributed by atoms with Crippen molar-refractivity contribution >= 4 is 31.9 Å². The van der Waals surface area contributed by atoms with Crippen molar-refractivity contribution in [2.45, 2.75) is 5.33 Å². The number of aromatic nitrogens is 1. The van der Waals surface area contributed by atoms with Gasteiger partial charge in [-0.15, -0.1) is 0 Å². The third-order valence-corrected chi connectivity index (χ3v) is 2.94. The quantitative estimate of drug-likeness (QED) is 0.771. The second-order valence-corrected chi connectivity index (χ2v) is 4.41. The fraction of sp³-hybridized carbons (Fsp3) is 0.100. The van der Waals surface area contributed by atoms with Gasteiger partial charge in [-0.1, -0.05) is 37.0 Å². The molecule has 2 rings (SSSR count). The first-order valence-electron chi connectivity index (χ1n) is 4.17. The normalized spacial score (nSPS) is 10.6. The second kappa shape index (κ2) is 4.45. The first kappa shape index (κ1) is 10.8. The van der Waals surface area contributed by atoms with Gasteiger partial charge in [-0.25, -0.2) is 4.39 Å². The Morgan fingerprint density at radius 3 is 2.80 bits per heavy atom. The van der Waals surface area contributed by atoms with E-state index < -0.39 is 0 Å². The third-order valence-electron chi connectivity index (χ3n) is 1.90. The molecule has 0 aliphatic heterocycles. The van der Waals surface area contributed by atoms with E-state index in [9.17, 15) is 4.39 Å². The zero-order valence-corrected chi connectivity index (χ0v) is 10.7. The van der Waals surface area contributed by atoms with Crippen LogP contribution in [0.5, 0.6) is 0 Å². The van der Waals surface area contributed by atoms with Crippen molar-refractivity contribution < 1.29 is 8.91 Å². The molecular formula is C10H6Br2FNO. The summed E-state index contributed by atoms with van der Waals surface area (Å²) in [7, 11) is 0. The van der Waals surface area contributed by atoms with E-state index in [1.54, 1.807) is 18.2 Å². The highest BCUT2D eigenvalue weighted by molar-refractivity contribution is 9.10. The van der Waals surface area contributed by atoms with E-state index in [1.165, 1.54) is 6.07 Å². The lowest BCUT2D eigenvalue weighted by Gasteiger charge is -1.98. The molecule has 0 saturated heterocycles. The maximum absolute atomic E-state index is 13.5. The molecule has 5 heteroatoms. The van der Waals surface area contributed by atoms with Crippen LogP contribution in [0.15, 0.2) is 33.3 Å². The first-order chi connectivity index (χ1) is 7.20.